The van der Waals surface area contributed by atoms with Crippen LogP contribution >= 0.6 is 11.3 Å². The molecule has 1 aromatic heterocycles. The average molecular weight is 213 g/mol. The summed E-state index contributed by atoms with van der Waals surface area (Å²) in [4.78, 5) is 1.34. The molecule has 0 spiro atoms. The van der Waals surface area contributed by atoms with Crippen molar-refractivity contribution in [3.05, 3.63) is 21.4 Å². The summed E-state index contributed by atoms with van der Waals surface area (Å²) in [7, 11) is 1.74. The zero-order chi connectivity index (χ0) is 10.6. The maximum absolute atomic E-state index is 5.14. The summed E-state index contributed by atoms with van der Waals surface area (Å²) in [5.74, 6) is 0. The van der Waals surface area contributed by atoms with E-state index in [-0.39, 0.29) is 0 Å². The van der Waals surface area contributed by atoms with E-state index in [0.29, 0.717) is 6.04 Å². The molecule has 3 heteroatoms. The second-order valence-electron chi connectivity index (χ2n) is 3.78. The molecular formula is C11H19NOS. The van der Waals surface area contributed by atoms with Gasteiger partial charge in [0.2, 0.25) is 0 Å². The Kier molecular flexibility index (Phi) is 4.58. The first-order chi connectivity index (χ1) is 6.65. The lowest BCUT2D eigenvalue weighted by Crippen LogP contribution is -2.21. The van der Waals surface area contributed by atoms with E-state index >= 15 is 0 Å². The zero-order valence-electron chi connectivity index (χ0n) is 9.39. The Labute approximate surface area is 90.3 Å². The highest BCUT2D eigenvalue weighted by Crippen LogP contribution is 2.22. The summed E-state index contributed by atoms with van der Waals surface area (Å²) in [6.07, 6.45) is 0. The standard InChI is InChI=1S/C11H19NOS/c1-8(2)12-5-10-7-14-11(6-13-4)9(10)3/h7-8,12H,5-6H2,1-4H3. The highest BCUT2D eigenvalue weighted by atomic mass is 32.1. The Bertz CT molecular complexity index is 281. The molecule has 14 heavy (non-hydrogen) atoms. The summed E-state index contributed by atoms with van der Waals surface area (Å²) < 4.78 is 5.14. The molecule has 0 radical (unpaired) electrons. The number of methoxy groups -OCH3 is 1. The van der Waals surface area contributed by atoms with Crippen molar-refractivity contribution in [3.8, 4) is 0 Å². The van der Waals surface area contributed by atoms with Crippen LogP contribution in [-0.2, 0) is 17.9 Å². The van der Waals surface area contributed by atoms with Crippen LogP contribution in [0.1, 0.15) is 29.9 Å². The van der Waals surface area contributed by atoms with E-state index in [4.69, 9.17) is 4.74 Å². The van der Waals surface area contributed by atoms with Gasteiger partial charge in [0, 0.05) is 24.6 Å². The van der Waals surface area contributed by atoms with Crippen molar-refractivity contribution < 1.29 is 4.74 Å². The van der Waals surface area contributed by atoms with Crippen LogP contribution in [0, 0.1) is 6.92 Å². The molecule has 0 aliphatic carbocycles. The van der Waals surface area contributed by atoms with Gasteiger partial charge >= 0.3 is 0 Å². The first kappa shape index (κ1) is 11.7. The van der Waals surface area contributed by atoms with Gasteiger partial charge in [-0.05, 0) is 23.4 Å². The van der Waals surface area contributed by atoms with Gasteiger partial charge in [-0.15, -0.1) is 11.3 Å². The molecule has 0 unspecified atom stereocenters. The molecular weight excluding hydrogens is 194 g/mol. The van der Waals surface area contributed by atoms with Crippen molar-refractivity contribution in [1.82, 2.24) is 5.32 Å². The molecule has 1 rings (SSSR count). The molecule has 0 aromatic carbocycles. The van der Waals surface area contributed by atoms with Crippen molar-refractivity contribution >= 4 is 11.3 Å². The van der Waals surface area contributed by atoms with Crippen molar-refractivity contribution in [2.24, 2.45) is 0 Å². The van der Waals surface area contributed by atoms with Crippen LogP contribution in [0.15, 0.2) is 5.38 Å². The van der Waals surface area contributed by atoms with Gasteiger partial charge in [-0.3, -0.25) is 0 Å². The lowest BCUT2D eigenvalue weighted by atomic mass is 10.1. The molecule has 1 heterocycles. The van der Waals surface area contributed by atoms with Gasteiger partial charge in [0.15, 0.2) is 0 Å². The van der Waals surface area contributed by atoms with E-state index in [1.54, 1.807) is 18.4 Å². The lowest BCUT2D eigenvalue weighted by Gasteiger charge is -2.07. The van der Waals surface area contributed by atoms with Crippen molar-refractivity contribution in [3.63, 3.8) is 0 Å². The minimum atomic E-state index is 0.542. The van der Waals surface area contributed by atoms with Gasteiger partial charge in [-0.1, -0.05) is 13.8 Å². The van der Waals surface area contributed by atoms with Gasteiger partial charge in [0.1, 0.15) is 0 Å². The largest absolute Gasteiger partial charge is 0.379 e. The molecule has 80 valence electrons. The first-order valence-corrected chi connectivity index (χ1v) is 5.81. The molecule has 1 aromatic rings. The molecule has 0 aliphatic heterocycles. The normalized spacial score (nSPS) is 11.2. The monoisotopic (exact) mass is 213 g/mol. The molecule has 0 atom stereocenters. The quantitative estimate of drug-likeness (QED) is 0.812. The number of ether oxygens (including phenoxy) is 1. The minimum absolute atomic E-state index is 0.542. The van der Waals surface area contributed by atoms with E-state index in [2.05, 4.69) is 31.5 Å². The first-order valence-electron chi connectivity index (χ1n) is 4.93. The zero-order valence-corrected chi connectivity index (χ0v) is 10.2. The smallest absolute Gasteiger partial charge is 0.0808 e. The highest BCUT2D eigenvalue weighted by molar-refractivity contribution is 7.10. The Balaban J connectivity index is 2.60. The maximum Gasteiger partial charge on any atom is 0.0808 e. The number of hydrogen-bond donors (Lipinski definition) is 1. The Morgan fingerprint density at radius 1 is 1.50 bits per heavy atom. The van der Waals surface area contributed by atoms with Crippen LogP contribution in [0.5, 0.6) is 0 Å². The second-order valence-corrected chi connectivity index (χ2v) is 4.74. The molecule has 1 N–H and O–H groups in total. The predicted octanol–water partition coefficient (Wildman–Crippen LogP) is 2.70. The molecule has 0 amide bonds. The fourth-order valence-corrected chi connectivity index (χ4v) is 2.30. The summed E-state index contributed by atoms with van der Waals surface area (Å²) in [5, 5.41) is 5.65. The fourth-order valence-electron chi connectivity index (χ4n) is 1.26. The third kappa shape index (κ3) is 3.08. The Morgan fingerprint density at radius 2 is 2.21 bits per heavy atom. The van der Waals surface area contributed by atoms with E-state index in [1.807, 2.05) is 0 Å². The van der Waals surface area contributed by atoms with Crippen LogP contribution in [0.4, 0.5) is 0 Å². The summed E-state index contributed by atoms with van der Waals surface area (Å²) in [6, 6.07) is 0.542. The van der Waals surface area contributed by atoms with Crippen LogP contribution in [-0.4, -0.2) is 13.2 Å². The van der Waals surface area contributed by atoms with Gasteiger partial charge in [-0.2, -0.15) is 0 Å². The fraction of sp³-hybridized carbons (Fsp3) is 0.636. The summed E-state index contributed by atoms with van der Waals surface area (Å²) in [5.41, 5.74) is 2.78. The molecule has 0 fully saturated rings. The van der Waals surface area contributed by atoms with Crippen LogP contribution in [0.2, 0.25) is 0 Å². The van der Waals surface area contributed by atoms with E-state index in [0.717, 1.165) is 13.2 Å². The van der Waals surface area contributed by atoms with Gasteiger partial charge in [0.05, 0.1) is 6.61 Å². The van der Waals surface area contributed by atoms with Gasteiger partial charge in [-0.25, -0.2) is 0 Å². The number of rotatable bonds is 5. The third-order valence-corrected chi connectivity index (χ3v) is 3.33. The Hall–Kier alpha value is -0.380. The molecule has 0 saturated heterocycles. The molecule has 0 aliphatic rings. The molecule has 0 bridgehead atoms. The topological polar surface area (TPSA) is 21.3 Å². The van der Waals surface area contributed by atoms with E-state index < -0.39 is 0 Å². The summed E-state index contributed by atoms with van der Waals surface area (Å²) >= 11 is 1.79. The van der Waals surface area contributed by atoms with Crippen molar-refractivity contribution in [1.29, 1.82) is 0 Å². The van der Waals surface area contributed by atoms with Crippen LogP contribution in [0.3, 0.4) is 0 Å². The van der Waals surface area contributed by atoms with Crippen LogP contribution < -0.4 is 5.32 Å². The maximum atomic E-state index is 5.14. The van der Waals surface area contributed by atoms with Crippen molar-refractivity contribution in [2.75, 3.05) is 7.11 Å². The third-order valence-electron chi connectivity index (χ3n) is 2.22. The second kappa shape index (κ2) is 5.49. The molecule has 0 saturated carbocycles. The average Bonchev–Trinajstić information content (AvgIpc) is 2.46. The number of hydrogen-bond acceptors (Lipinski definition) is 3. The lowest BCUT2D eigenvalue weighted by molar-refractivity contribution is 0.187. The van der Waals surface area contributed by atoms with E-state index in [1.165, 1.54) is 16.0 Å². The van der Waals surface area contributed by atoms with E-state index in [9.17, 15) is 0 Å². The summed E-state index contributed by atoms with van der Waals surface area (Å²) in [6.45, 7) is 8.19. The highest BCUT2D eigenvalue weighted by Gasteiger charge is 2.06. The van der Waals surface area contributed by atoms with Crippen molar-refractivity contribution in [2.45, 2.75) is 40.0 Å². The van der Waals surface area contributed by atoms with Gasteiger partial charge in [0.25, 0.3) is 0 Å². The number of nitrogens with one attached hydrogen (secondary N) is 1. The molecule has 2 nitrogen and oxygen atoms in total. The van der Waals surface area contributed by atoms with Gasteiger partial charge < -0.3 is 10.1 Å². The number of thiophene rings is 1. The predicted molar refractivity (Wildman–Crippen MR) is 61.7 cm³/mol. The minimum Gasteiger partial charge on any atom is -0.379 e. The van der Waals surface area contributed by atoms with Crippen LogP contribution in [0.25, 0.3) is 0 Å². The Morgan fingerprint density at radius 3 is 2.79 bits per heavy atom. The SMILES string of the molecule is COCc1scc(CNC(C)C)c1C.